The van der Waals surface area contributed by atoms with Crippen LogP contribution < -0.4 is 5.32 Å². The van der Waals surface area contributed by atoms with Gasteiger partial charge in [0, 0.05) is 28.7 Å². The summed E-state index contributed by atoms with van der Waals surface area (Å²) in [6.45, 7) is 0. The molecule has 5 rings (SSSR count). The fourth-order valence-electron chi connectivity index (χ4n) is 3.40. The Hall–Kier alpha value is -3.11. The van der Waals surface area contributed by atoms with Gasteiger partial charge in [-0.2, -0.15) is 0 Å². The molecule has 0 bridgehead atoms. The van der Waals surface area contributed by atoms with Crippen LogP contribution in [0.2, 0.25) is 5.02 Å². The van der Waals surface area contributed by atoms with E-state index in [9.17, 15) is 0 Å². The number of halogens is 1. The lowest BCUT2D eigenvalue weighted by molar-refractivity contribution is 0.720. The number of nitrogens with one attached hydrogen (secondary N) is 1. The van der Waals surface area contributed by atoms with Crippen LogP contribution in [0.3, 0.4) is 0 Å². The predicted octanol–water partition coefficient (Wildman–Crippen LogP) is 5.14. The number of pyridine rings is 1. The zero-order valence-electron chi connectivity index (χ0n) is 13.8. The van der Waals surface area contributed by atoms with Crippen LogP contribution in [0, 0.1) is 0 Å². The van der Waals surface area contributed by atoms with Crippen molar-refractivity contribution >= 4 is 34.3 Å². The van der Waals surface area contributed by atoms with E-state index in [4.69, 9.17) is 16.6 Å². The predicted molar refractivity (Wildman–Crippen MR) is 105 cm³/mol. The summed E-state index contributed by atoms with van der Waals surface area (Å²) in [5, 5.41) is 4.19. The van der Waals surface area contributed by atoms with Gasteiger partial charge in [-0.05, 0) is 48.0 Å². The number of allylic oxidation sites excluding steroid dienone is 1. The van der Waals surface area contributed by atoms with Crippen molar-refractivity contribution < 1.29 is 0 Å². The van der Waals surface area contributed by atoms with E-state index in [1.165, 1.54) is 0 Å². The van der Waals surface area contributed by atoms with Crippen molar-refractivity contribution in [2.24, 2.45) is 0 Å². The summed E-state index contributed by atoms with van der Waals surface area (Å²) in [7, 11) is 0. The molecule has 5 heteroatoms. The van der Waals surface area contributed by atoms with E-state index >= 15 is 0 Å². The van der Waals surface area contributed by atoms with Gasteiger partial charge in [-0.3, -0.25) is 9.55 Å². The van der Waals surface area contributed by atoms with Crippen LogP contribution in [-0.2, 0) is 0 Å². The van der Waals surface area contributed by atoms with E-state index in [1.54, 1.807) is 6.20 Å². The number of hydrogen-bond acceptors (Lipinski definition) is 3. The van der Waals surface area contributed by atoms with Crippen LogP contribution in [0.15, 0.2) is 79.1 Å². The molecule has 1 aliphatic rings. The summed E-state index contributed by atoms with van der Waals surface area (Å²) in [5.74, 6) is 0.826. The SMILES string of the molecule is Clc1ccc(C2C=C(c3cccnc3)Nc3nc4ccccc4n32)cc1. The van der Waals surface area contributed by atoms with Gasteiger partial charge in [-0.1, -0.05) is 35.9 Å². The van der Waals surface area contributed by atoms with Crippen LogP contribution in [0.4, 0.5) is 5.95 Å². The second-order valence-corrected chi connectivity index (χ2v) is 6.67. The number of imidazole rings is 1. The zero-order chi connectivity index (χ0) is 17.5. The molecule has 4 nitrogen and oxygen atoms in total. The van der Waals surface area contributed by atoms with E-state index in [2.05, 4.69) is 39.1 Å². The van der Waals surface area contributed by atoms with Crippen LogP contribution in [0.5, 0.6) is 0 Å². The van der Waals surface area contributed by atoms with Crippen LogP contribution in [-0.4, -0.2) is 14.5 Å². The Labute approximate surface area is 155 Å². The molecule has 0 saturated carbocycles. The third-order valence-corrected chi connectivity index (χ3v) is 4.88. The lowest BCUT2D eigenvalue weighted by Crippen LogP contribution is -2.19. The number of nitrogens with zero attached hydrogens (tertiary/aromatic N) is 3. The average molecular weight is 359 g/mol. The van der Waals surface area contributed by atoms with E-state index in [-0.39, 0.29) is 6.04 Å². The summed E-state index contributed by atoms with van der Waals surface area (Å²) < 4.78 is 2.22. The van der Waals surface area contributed by atoms with Crippen molar-refractivity contribution in [2.45, 2.75) is 6.04 Å². The Kier molecular flexibility index (Phi) is 3.50. The smallest absolute Gasteiger partial charge is 0.209 e. The maximum atomic E-state index is 6.09. The highest BCUT2D eigenvalue weighted by atomic mass is 35.5. The first kappa shape index (κ1) is 15.2. The van der Waals surface area contributed by atoms with E-state index < -0.39 is 0 Å². The highest BCUT2D eigenvalue weighted by molar-refractivity contribution is 6.30. The lowest BCUT2D eigenvalue weighted by Gasteiger charge is -2.26. The lowest BCUT2D eigenvalue weighted by atomic mass is 10.0. The van der Waals surface area contributed by atoms with Gasteiger partial charge in [0.1, 0.15) is 0 Å². The quantitative estimate of drug-likeness (QED) is 0.539. The Bertz CT molecular complexity index is 1110. The number of para-hydroxylation sites is 2. The van der Waals surface area contributed by atoms with Gasteiger partial charge in [0.25, 0.3) is 0 Å². The fourth-order valence-corrected chi connectivity index (χ4v) is 3.53. The van der Waals surface area contributed by atoms with Gasteiger partial charge in [-0.25, -0.2) is 4.98 Å². The fraction of sp³-hybridized carbons (Fsp3) is 0.0476. The van der Waals surface area contributed by atoms with E-state index in [0.29, 0.717) is 0 Å². The summed E-state index contributed by atoms with van der Waals surface area (Å²) in [6.07, 6.45) is 5.84. The Morgan fingerprint density at radius 3 is 2.62 bits per heavy atom. The minimum atomic E-state index is 0.0196. The number of anilines is 1. The molecule has 0 amide bonds. The normalized spacial score (nSPS) is 16.0. The number of aromatic nitrogens is 3. The molecule has 4 aromatic rings. The molecule has 1 unspecified atom stereocenters. The second-order valence-electron chi connectivity index (χ2n) is 6.24. The van der Waals surface area contributed by atoms with Crippen LogP contribution >= 0.6 is 11.6 Å². The van der Waals surface area contributed by atoms with Crippen molar-refractivity contribution in [2.75, 3.05) is 5.32 Å². The molecule has 0 saturated heterocycles. The van der Waals surface area contributed by atoms with Crippen molar-refractivity contribution in [3.8, 4) is 0 Å². The molecular weight excluding hydrogens is 344 g/mol. The molecule has 2 aromatic carbocycles. The zero-order valence-corrected chi connectivity index (χ0v) is 14.6. The van der Waals surface area contributed by atoms with E-state index in [0.717, 1.165) is 38.8 Å². The van der Waals surface area contributed by atoms with Gasteiger partial charge in [0.2, 0.25) is 5.95 Å². The molecule has 2 aromatic heterocycles. The largest absolute Gasteiger partial charge is 0.325 e. The summed E-state index contributed by atoms with van der Waals surface area (Å²) >= 11 is 6.09. The molecule has 0 fully saturated rings. The first-order chi connectivity index (χ1) is 12.8. The topological polar surface area (TPSA) is 42.7 Å². The molecule has 0 spiro atoms. The molecular formula is C21H15ClN4. The number of rotatable bonds is 2. The second kappa shape index (κ2) is 6.00. The van der Waals surface area contributed by atoms with Crippen LogP contribution in [0.1, 0.15) is 17.2 Å². The third kappa shape index (κ3) is 2.47. The van der Waals surface area contributed by atoms with Crippen LogP contribution in [0.25, 0.3) is 16.7 Å². The molecule has 26 heavy (non-hydrogen) atoms. The van der Waals surface area contributed by atoms with E-state index in [1.807, 2.05) is 48.7 Å². The number of hydrogen-bond donors (Lipinski definition) is 1. The highest BCUT2D eigenvalue weighted by Crippen LogP contribution is 2.36. The molecule has 126 valence electrons. The van der Waals surface area contributed by atoms with Gasteiger partial charge in [0.05, 0.1) is 17.1 Å². The summed E-state index contributed by atoms with van der Waals surface area (Å²) in [6, 6.07) is 20.2. The minimum absolute atomic E-state index is 0.0196. The molecule has 0 aliphatic carbocycles. The van der Waals surface area contributed by atoms with Gasteiger partial charge < -0.3 is 5.32 Å². The van der Waals surface area contributed by atoms with Crippen molar-refractivity contribution in [1.82, 2.24) is 14.5 Å². The Morgan fingerprint density at radius 2 is 1.81 bits per heavy atom. The summed E-state index contributed by atoms with van der Waals surface area (Å²) in [5.41, 5.74) is 5.25. The number of fused-ring (bicyclic) bond motifs is 3. The average Bonchev–Trinajstić information content (AvgIpc) is 3.07. The Morgan fingerprint density at radius 1 is 0.962 bits per heavy atom. The standard InChI is InChI=1S/C21H15ClN4/c22-16-9-7-14(8-10-16)20-12-18(15-4-3-11-23-13-15)25-21-24-17-5-1-2-6-19(17)26(20)21/h1-13,20H,(H,24,25). The van der Waals surface area contributed by atoms with Gasteiger partial charge in [-0.15, -0.1) is 0 Å². The maximum absolute atomic E-state index is 6.09. The van der Waals surface area contributed by atoms with Crippen molar-refractivity contribution in [3.05, 3.63) is 95.3 Å². The van der Waals surface area contributed by atoms with Crippen molar-refractivity contribution in [1.29, 1.82) is 0 Å². The van der Waals surface area contributed by atoms with Gasteiger partial charge >= 0.3 is 0 Å². The maximum Gasteiger partial charge on any atom is 0.209 e. The molecule has 3 heterocycles. The molecule has 0 radical (unpaired) electrons. The highest BCUT2D eigenvalue weighted by Gasteiger charge is 2.25. The first-order valence-electron chi connectivity index (χ1n) is 8.41. The molecule has 1 atom stereocenters. The first-order valence-corrected chi connectivity index (χ1v) is 8.79. The Balaban J connectivity index is 1.73. The molecule has 1 N–H and O–H groups in total. The summed E-state index contributed by atoms with van der Waals surface area (Å²) in [4.78, 5) is 9.03. The molecule has 1 aliphatic heterocycles. The monoisotopic (exact) mass is 358 g/mol. The number of benzene rings is 2. The van der Waals surface area contributed by atoms with Gasteiger partial charge in [0.15, 0.2) is 0 Å². The minimum Gasteiger partial charge on any atom is -0.325 e. The third-order valence-electron chi connectivity index (χ3n) is 4.63. The van der Waals surface area contributed by atoms with Crippen molar-refractivity contribution in [3.63, 3.8) is 0 Å².